The molecule has 0 aromatic heterocycles. The van der Waals surface area contributed by atoms with Crippen molar-refractivity contribution in [1.82, 2.24) is 0 Å². The van der Waals surface area contributed by atoms with Crippen LogP contribution >= 0.6 is 0 Å². The van der Waals surface area contributed by atoms with E-state index in [1.54, 1.807) is 25.7 Å². The highest BCUT2D eigenvalue weighted by molar-refractivity contribution is 5.88. The van der Waals surface area contributed by atoms with Gasteiger partial charge >= 0.3 is 0 Å². The number of rotatable bonds is 0. The summed E-state index contributed by atoms with van der Waals surface area (Å²) in [5.41, 5.74) is 0. The van der Waals surface area contributed by atoms with Gasteiger partial charge in [0.05, 0.1) is 0 Å². The minimum Gasteiger partial charge on any atom is -0.299 e. The molecule has 0 radical (unpaired) electrons. The molecule has 144 valence electrons. The van der Waals surface area contributed by atoms with E-state index < -0.39 is 0 Å². The molecule has 0 amide bonds. The van der Waals surface area contributed by atoms with Crippen LogP contribution in [0, 0.1) is 94.7 Å². The van der Waals surface area contributed by atoms with Gasteiger partial charge in [-0.05, 0) is 141 Å². The Bertz CT molecular complexity index is 755. The normalized spacial score (nSPS) is 73.4. The third-order valence-corrected chi connectivity index (χ3v) is 13.3. The molecule has 10 aliphatic carbocycles. The Balaban J connectivity index is 1.17. The van der Waals surface area contributed by atoms with Crippen LogP contribution in [-0.4, -0.2) is 5.78 Å². The van der Waals surface area contributed by atoms with Crippen molar-refractivity contribution in [2.75, 3.05) is 0 Å². The Morgan fingerprint density at radius 3 is 1.63 bits per heavy atom. The van der Waals surface area contributed by atoms with Gasteiger partial charge in [0.1, 0.15) is 5.78 Å². The largest absolute Gasteiger partial charge is 0.299 e. The molecule has 0 aliphatic heterocycles. The number of carbonyl (C=O) groups is 1. The van der Waals surface area contributed by atoms with Crippen molar-refractivity contribution in [3.8, 4) is 0 Å². The minimum absolute atomic E-state index is 0.557. The quantitative estimate of drug-likeness (QED) is 0.551. The zero-order valence-corrected chi connectivity index (χ0v) is 16.5. The maximum absolute atomic E-state index is 14.0. The fourth-order valence-corrected chi connectivity index (χ4v) is 13.5. The van der Waals surface area contributed by atoms with E-state index in [9.17, 15) is 4.79 Å². The Morgan fingerprint density at radius 1 is 0.444 bits per heavy atom. The van der Waals surface area contributed by atoms with Gasteiger partial charge in [-0.1, -0.05) is 0 Å². The van der Waals surface area contributed by atoms with Crippen LogP contribution in [0.15, 0.2) is 0 Å². The third kappa shape index (κ3) is 1.36. The van der Waals surface area contributed by atoms with E-state index in [4.69, 9.17) is 0 Å². The molecule has 10 aliphatic rings. The summed E-state index contributed by atoms with van der Waals surface area (Å²) >= 11 is 0. The summed E-state index contributed by atoms with van der Waals surface area (Å²) in [7, 11) is 0. The van der Waals surface area contributed by atoms with Gasteiger partial charge < -0.3 is 0 Å². The molecule has 16 unspecified atom stereocenters. The fourth-order valence-electron chi connectivity index (χ4n) is 13.5. The van der Waals surface area contributed by atoms with Gasteiger partial charge in [0.15, 0.2) is 0 Å². The second-order valence-corrected chi connectivity index (χ2v) is 13.1. The molecular formula is C26H34O. The van der Waals surface area contributed by atoms with Crippen molar-refractivity contribution in [3.63, 3.8) is 0 Å². The highest BCUT2D eigenvalue weighted by Gasteiger charge is 2.76. The van der Waals surface area contributed by atoms with E-state index in [1.807, 2.05) is 0 Å². The standard InChI is InChI=1S/C26H34O/c27-26-24-15-6-5-14(18-10-1-2-11(7-10)19(15)18)22(24)23-16-9-17(25(23)26)21-13-4-3-12(8-13)20(16)21/h10-25H,1-9H2. The summed E-state index contributed by atoms with van der Waals surface area (Å²) in [4.78, 5) is 14.0. The fraction of sp³-hybridized carbons (Fsp3) is 0.962. The van der Waals surface area contributed by atoms with Crippen LogP contribution in [0.2, 0.25) is 0 Å². The first kappa shape index (κ1) is 14.6. The van der Waals surface area contributed by atoms with Gasteiger partial charge in [-0.25, -0.2) is 0 Å². The van der Waals surface area contributed by atoms with Crippen molar-refractivity contribution < 1.29 is 4.79 Å². The van der Waals surface area contributed by atoms with Crippen molar-refractivity contribution >= 4 is 5.78 Å². The number of carbonyl (C=O) groups excluding carboxylic acids is 1. The van der Waals surface area contributed by atoms with E-state index in [0.717, 1.165) is 88.6 Å². The lowest BCUT2D eigenvalue weighted by atomic mass is 9.46. The lowest BCUT2D eigenvalue weighted by Crippen LogP contribution is -2.54. The third-order valence-electron chi connectivity index (χ3n) is 13.3. The number of hydrogen-bond acceptors (Lipinski definition) is 1. The summed E-state index contributed by atoms with van der Waals surface area (Å²) in [6, 6.07) is 0. The number of hydrogen-bond donors (Lipinski definition) is 0. The van der Waals surface area contributed by atoms with Gasteiger partial charge in [0, 0.05) is 11.8 Å². The minimum atomic E-state index is 0.557. The Hall–Kier alpha value is -0.330. The second-order valence-electron chi connectivity index (χ2n) is 13.1. The maximum Gasteiger partial charge on any atom is 0.140 e. The van der Waals surface area contributed by atoms with E-state index in [0.29, 0.717) is 11.8 Å². The monoisotopic (exact) mass is 362 g/mol. The summed E-state index contributed by atoms with van der Waals surface area (Å²) < 4.78 is 0. The molecule has 27 heavy (non-hydrogen) atoms. The first-order valence-electron chi connectivity index (χ1n) is 12.8. The van der Waals surface area contributed by atoms with Crippen LogP contribution < -0.4 is 0 Å². The average molecular weight is 363 g/mol. The number of fused-ring (bicyclic) bond motifs is 15. The molecule has 10 saturated carbocycles. The van der Waals surface area contributed by atoms with Gasteiger partial charge in [0.2, 0.25) is 0 Å². The highest BCUT2D eigenvalue weighted by atomic mass is 16.1. The van der Waals surface area contributed by atoms with Crippen LogP contribution in [0.25, 0.3) is 0 Å². The second kappa shape index (κ2) is 4.39. The Labute approximate surface area is 163 Å². The molecule has 0 aromatic carbocycles. The van der Waals surface area contributed by atoms with E-state index in [1.165, 1.54) is 32.1 Å². The summed E-state index contributed by atoms with van der Waals surface area (Å²) in [6.07, 6.45) is 13.7. The van der Waals surface area contributed by atoms with Gasteiger partial charge in [0.25, 0.3) is 0 Å². The molecule has 0 heterocycles. The molecule has 8 bridgehead atoms. The molecular weight excluding hydrogens is 328 g/mol. The van der Waals surface area contributed by atoms with E-state index in [2.05, 4.69) is 0 Å². The molecule has 0 saturated heterocycles. The molecule has 10 fully saturated rings. The molecule has 0 N–H and O–H groups in total. The lowest BCUT2D eigenvalue weighted by Gasteiger charge is -2.58. The predicted molar refractivity (Wildman–Crippen MR) is 102 cm³/mol. The topological polar surface area (TPSA) is 17.1 Å². The van der Waals surface area contributed by atoms with Gasteiger partial charge in [-0.3, -0.25) is 4.79 Å². The predicted octanol–water partition coefficient (Wildman–Crippen LogP) is 5.05. The Morgan fingerprint density at radius 2 is 0.926 bits per heavy atom. The van der Waals surface area contributed by atoms with Crippen LogP contribution in [0.5, 0.6) is 0 Å². The zero-order valence-electron chi connectivity index (χ0n) is 16.5. The van der Waals surface area contributed by atoms with Crippen LogP contribution in [0.4, 0.5) is 0 Å². The first-order chi connectivity index (χ1) is 13.3. The Kier molecular flexibility index (Phi) is 2.38. The maximum atomic E-state index is 14.0. The molecule has 0 spiro atoms. The molecule has 0 aromatic rings. The molecule has 16 atom stereocenters. The molecule has 1 nitrogen and oxygen atoms in total. The number of ketones is 1. The van der Waals surface area contributed by atoms with E-state index >= 15 is 0 Å². The summed E-state index contributed by atoms with van der Waals surface area (Å²) in [5, 5.41) is 0. The first-order valence-corrected chi connectivity index (χ1v) is 12.8. The van der Waals surface area contributed by atoms with Crippen molar-refractivity contribution in [2.45, 2.75) is 57.8 Å². The van der Waals surface area contributed by atoms with Crippen LogP contribution in [-0.2, 0) is 4.79 Å². The highest BCUT2D eigenvalue weighted by Crippen LogP contribution is 2.78. The summed E-state index contributed by atoms with van der Waals surface area (Å²) in [6.45, 7) is 0. The smallest absolute Gasteiger partial charge is 0.140 e. The summed E-state index contributed by atoms with van der Waals surface area (Å²) in [5.74, 6) is 15.8. The molecule has 10 rings (SSSR count). The van der Waals surface area contributed by atoms with Crippen LogP contribution in [0.1, 0.15) is 57.8 Å². The van der Waals surface area contributed by atoms with Crippen molar-refractivity contribution in [3.05, 3.63) is 0 Å². The average Bonchev–Trinajstić information content (AvgIpc) is 3.51. The van der Waals surface area contributed by atoms with Crippen molar-refractivity contribution in [2.24, 2.45) is 94.7 Å². The van der Waals surface area contributed by atoms with Gasteiger partial charge in [-0.15, -0.1) is 0 Å². The lowest BCUT2D eigenvalue weighted by molar-refractivity contribution is -0.140. The molecule has 1 heteroatoms. The zero-order chi connectivity index (χ0) is 17.2. The van der Waals surface area contributed by atoms with E-state index in [-0.39, 0.29) is 0 Å². The van der Waals surface area contributed by atoms with Crippen molar-refractivity contribution in [1.29, 1.82) is 0 Å². The van der Waals surface area contributed by atoms with Gasteiger partial charge in [-0.2, -0.15) is 0 Å². The SMILES string of the molecule is O=C1C2C3CCC(C4C5CCC(C5)C34)C2C2C3CC(C12)C1C2CCC(C2)C31. The number of Topliss-reactive ketones (excluding diaryl/α,β-unsaturated/α-hetero) is 1. The van der Waals surface area contributed by atoms with Crippen LogP contribution in [0.3, 0.4) is 0 Å².